The molecule has 13 rings (SSSR count). The summed E-state index contributed by atoms with van der Waals surface area (Å²) in [6.07, 6.45) is 17.5. The average Bonchev–Trinajstić information content (AvgIpc) is 4.12. The van der Waals surface area contributed by atoms with E-state index in [1.807, 2.05) is 59.9 Å². The maximum absolute atomic E-state index is 6.56. The molecule has 1 aliphatic rings. The maximum Gasteiger partial charge on any atom is 0.161 e. The first-order valence-electron chi connectivity index (χ1n) is 24.8. The average molecular weight is 957 g/mol. The van der Waals surface area contributed by atoms with Gasteiger partial charge in [0.05, 0.1) is 17.9 Å². The van der Waals surface area contributed by atoms with Crippen molar-refractivity contribution in [3.63, 3.8) is 0 Å². The van der Waals surface area contributed by atoms with Crippen molar-refractivity contribution in [1.29, 1.82) is 0 Å². The Kier molecular flexibility index (Phi) is 11.0. The molecule has 0 atom stereocenters. The lowest BCUT2D eigenvalue weighted by Gasteiger charge is -2.18. The van der Waals surface area contributed by atoms with E-state index in [1.165, 1.54) is 69.5 Å². The van der Waals surface area contributed by atoms with Crippen molar-refractivity contribution in [3.8, 4) is 5.69 Å². The van der Waals surface area contributed by atoms with Gasteiger partial charge in [0.1, 0.15) is 11.2 Å². The fraction of sp³-hybridized carbons (Fsp3) is 0.0597. The molecule has 348 valence electrons. The van der Waals surface area contributed by atoms with Crippen molar-refractivity contribution in [2.24, 2.45) is 15.0 Å². The predicted octanol–water partition coefficient (Wildman–Crippen LogP) is 18.1. The van der Waals surface area contributed by atoms with Crippen LogP contribution in [0.5, 0.6) is 0 Å². The number of nitrogens with zero attached hydrogens (tertiary/aromatic N) is 4. The molecular weight excluding hydrogens is 909 g/mol. The van der Waals surface area contributed by atoms with Gasteiger partial charge in [-0.1, -0.05) is 170 Å². The Balaban J connectivity index is 0.918. The molecule has 0 unspecified atom stereocenters. The third-order valence-electron chi connectivity index (χ3n) is 14.4. The van der Waals surface area contributed by atoms with Crippen LogP contribution in [0.2, 0.25) is 0 Å². The van der Waals surface area contributed by atoms with Gasteiger partial charge in [-0.05, 0) is 118 Å². The summed E-state index contributed by atoms with van der Waals surface area (Å²) >= 11 is 1.85. The van der Waals surface area contributed by atoms with Crippen LogP contribution in [0.15, 0.2) is 208 Å². The molecule has 0 spiro atoms. The maximum atomic E-state index is 6.56. The molecule has 1 aliphatic carbocycles. The number of rotatable bonds is 9. The summed E-state index contributed by atoms with van der Waals surface area (Å²) in [6.45, 7) is 10.8. The second kappa shape index (κ2) is 18.3. The number of thiophene rings is 1. The molecule has 9 aromatic carbocycles. The molecule has 73 heavy (non-hydrogen) atoms. The molecule has 0 bridgehead atoms. The highest BCUT2D eigenvalue weighted by Gasteiger charge is 2.24. The lowest BCUT2D eigenvalue weighted by Crippen LogP contribution is -2.06. The fourth-order valence-electron chi connectivity index (χ4n) is 11.2. The Labute approximate surface area is 427 Å². The highest BCUT2D eigenvalue weighted by molar-refractivity contribution is 7.25. The van der Waals surface area contributed by atoms with Crippen LogP contribution in [-0.2, 0) is 13.0 Å². The lowest BCUT2D eigenvalue weighted by molar-refractivity contribution is 0.668. The van der Waals surface area contributed by atoms with Gasteiger partial charge in [0.25, 0.3) is 0 Å². The van der Waals surface area contributed by atoms with Gasteiger partial charge >= 0.3 is 0 Å². The Morgan fingerprint density at radius 2 is 1.36 bits per heavy atom. The monoisotopic (exact) mass is 956 g/mol. The third kappa shape index (κ3) is 7.49. The number of hydrogen-bond donors (Lipinski definition) is 0. The van der Waals surface area contributed by atoms with Gasteiger partial charge in [0.2, 0.25) is 0 Å². The van der Waals surface area contributed by atoms with E-state index in [0.29, 0.717) is 18.2 Å². The molecule has 0 fully saturated rings. The van der Waals surface area contributed by atoms with E-state index >= 15 is 0 Å². The molecule has 0 saturated carbocycles. The van der Waals surface area contributed by atoms with Crippen molar-refractivity contribution >= 4 is 135 Å². The quantitative estimate of drug-likeness (QED) is 0.0615. The standard InChI is InChI=1S/C67H48N4OS/c1-4-18-57-46(5-2)52-26-13-15-28-58(52)71(57)59-36-38-63-65(54-27-14-16-30-62(54)73-63)53(59)34-31-42-32-37-60-56(39-42)64-45(21-17-29-61(64)72-60)41-69-67(43-19-7-6-8-20-43)70-66(68-3)44-33-35-51-49-24-10-9-22-47(49)48-23-11-12-25-50(48)55(51)40-44/h4-14,16-27,29-40H,2-3,15,28,41H2,1H3/b18-4-,34-31?,69-67?,70-66?. The van der Waals surface area contributed by atoms with Crippen LogP contribution in [-0.4, -0.2) is 23.0 Å². The van der Waals surface area contributed by atoms with Crippen molar-refractivity contribution in [2.75, 3.05) is 0 Å². The molecule has 0 aliphatic heterocycles. The molecule has 12 aromatic rings. The molecule has 0 radical (unpaired) electrons. The van der Waals surface area contributed by atoms with E-state index in [2.05, 4.69) is 194 Å². The first-order valence-corrected chi connectivity index (χ1v) is 25.6. The number of fused-ring (bicyclic) bond motifs is 13. The minimum atomic E-state index is 0.368. The van der Waals surface area contributed by atoms with Crippen LogP contribution in [0, 0.1) is 0 Å². The van der Waals surface area contributed by atoms with E-state index in [9.17, 15) is 0 Å². The lowest BCUT2D eigenvalue weighted by atomic mass is 9.93. The topological polar surface area (TPSA) is 55.1 Å². The fourth-order valence-corrected chi connectivity index (χ4v) is 12.3. The van der Waals surface area contributed by atoms with Crippen LogP contribution in [0.1, 0.15) is 63.7 Å². The highest BCUT2D eigenvalue weighted by atomic mass is 32.1. The predicted molar refractivity (Wildman–Crippen MR) is 315 cm³/mol. The first-order chi connectivity index (χ1) is 36.1. The van der Waals surface area contributed by atoms with Crippen molar-refractivity contribution in [2.45, 2.75) is 26.3 Å². The number of hydrogen-bond acceptors (Lipinski definition) is 3. The van der Waals surface area contributed by atoms with Crippen LogP contribution < -0.4 is 0 Å². The van der Waals surface area contributed by atoms with E-state index < -0.39 is 0 Å². The molecule has 5 nitrogen and oxygen atoms in total. The summed E-state index contributed by atoms with van der Waals surface area (Å²) in [7, 11) is 0. The zero-order chi connectivity index (χ0) is 49.0. The molecule has 3 aromatic heterocycles. The SMILES string of the molecule is C=Cc1c2c(n(-c3ccc4sc5ccccc5c4c3C=Cc3ccc4oc5cccc(CN=C(N=C(N=C)c6ccc7c8ccccc8c8ccccc8c7c6)c6ccccc6)c5c4c3)c1/C=C\C)CCC=C2. The van der Waals surface area contributed by atoms with Gasteiger partial charge in [0, 0.05) is 64.5 Å². The molecule has 6 heteroatoms. The first kappa shape index (κ1) is 44.0. The molecule has 0 saturated heterocycles. The summed E-state index contributed by atoms with van der Waals surface area (Å²) in [6, 6.07) is 59.9. The van der Waals surface area contributed by atoms with Gasteiger partial charge in [0.15, 0.2) is 11.7 Å². The Hall–Kier alpha value is -8.97. The van der Waals surface area contributed by atoms with Crippen molar-refractivity contribution in [1.82, 2.24) is 4.57 Å². The summed E-state index contributed by atoms with van der Waals surface area (Å²) < 4.78 is 11.6. The zero-order valence-electron chi connectivity index (χ0n) is 40.3. The number of benzene rings is 9. The molecule has 0 amide bonds. The second-order valence-electron chi connectivity index (χ2n) is 18.5. The van der Waals surface area contributed by atoms with E-state index in [-0.39, 0.29) is 0 Å². The van der Waals surface area contributed by atoms with Crippen molar-refractivity contribution in [3.05, 3.63) is 239 Å². The van der Waals surface area contributed by atoms with Gasteiger partial charge in [-0.3, -0.25) is 4.99 Å². The smallest absolute Gasteiger partial charge is 0.161 e. The molecular formula is C67H48N4OS. The zero-order valence-corrected chi connectivity index (χ0v) is 41.2. The largest absolute Gasteiger partial charge is 0.456 e. The van der Waals surface area contributed by atoms with E-state index in [4.69, 9.17) is 14.4 Å². The summed E-state index contributed by atoms with van der Waals surface area (Å²) in [5.74, 6) is 1.08. The number of aliphatic imine (C=N–C) groups is 3. The number of allylic oxidation sites excluding steroid dienone is 2. The van der Waals surface area contributed by atoms with E-state index in [0.717, 1.165) is 73.8 Å². The van der Waals surface area contributed by atoms with Crippen LogP contribution in [0.4, 0.5) is 0 Å². The molecule has 3 heterocycles. The Bertz CT molecular complexity index is 4360. The van der Waals surface area contributed by atoms with Gasteiger partial charge < -0.3 is 8.98 Å². The van der Waals surface area contributed by atoms with Gasteiger partial charge in [-0.15, -0.1) is 11.3 Å². The third-order valence-corrected chi connectivity index (χ3v) is 15.5. The van der Waals surface area contributed by atoms with Crippen molar-refractivity contribution < 1.29 is 4.42 Å². The minimum Gasteiger partial charge on any atom is -0.456 e. The van der Waals surface area contributed by atoms with Crippen LogP contribution >= 0.6 is 11.3 Å². The highest BCUT2D eigenvalue weighted by Crippen LogP contribution is 2.43. The number of aromatic nitrogens is 1. The molecule has 0 N–H and O–H groups in total. The number of amidine groups is 2. The summed E-state index contributed by atoms with van der Waals surface area (Å²) in [5.41, 5.74) is 12.7. The van der Waals surface area contributed by atoms with E-state index in [1.54, 1.807) is 0 Å². The normalized spacial score (nSPS) is 13.3. The van der Waals surface area contributed by atoms with Crippen LogP contribution in [0.25, 0.3) is 110 Å². The van der Waals surface area contributed by atoms with Gasteiger partial charge in [-0.25, -0.2) is 9.98 Å². The van der Waals surface area contributed by atoms with Gasteiger partial charge in [-0.2, -0.15) is 0 Å². The second-order valence-corrected chi connectivity index (χ2v) is 19.6. The Morgan fingerprint density at radius 1 is 0.616 bits per heavy atom. The Morgan fingerprint density at radius 3 is 2.12 bits per heavy atom. The number of furan rings is 1. The summed E-state index contributed by atoms with van der Waals surface area (Å²) in [5, 5.41) is 11.8. The summed E-state index contributed by atoms with van der Waals surface area (Å²) in [4.78, 5) is 15.0. The van der Waals surface area contributed by atoms with Crippen LogP contribution in [0.3, 0.4) is 0 Å². The minimum absolute atomic E-state index is 0.368.